The molecule has 0 unspecified atom stereocenters. The maximum atomic E-state index is 12.6. The number of carbonyl (C=O) groups is 2. The quantitative estimate of drug-likeness (QED) is 0.892. The minimum atomic E-state index is -0.294. The summed E-state index contributed by atoms with van der Waals surface area (Å²) in [7, 11) is 0. The van der Waals surface area contributed by atoms with Crippen LogP contribution < -0.4 is 5.32 Å². The second-order valence-electron chi connectivity index (χ2n) is 8.33. The van der Waals surface area contributed by atoms with Crippen molar-refractivity contribution in [1.29, 1.82) is 0 Å². The van der Waals surface area contributed by atoms with Crippen molar-refractivity contribution in [2.75, 3.05) is 0 Å². The summed E-state index contributed by atoms with van der Waals surface area (Å²) in [6.45, 7) is 12.4. The highest BCUT2D eigenvalue weighted by Crippen LogP contribution is 2.29. The number of H-pyrrole nitrogens is 1. The van der Waals surface area contributed by atoms with Crippen LogP contribution in [0.5, 0.6) is 0 Å². The molecule has 0 saturated heterocycles. The second kappa shape index (κ2) is 5.56. The van der Waals surface area contributed by atoms with Crippen molar-refractivity contribution < 1.29 is 9.59 Å². The number of carbonyl (C=O) groups excluding carboxylic acids is 2. The van der Waals surface area contributed by atoms with Crippen molar-refractivity contribution in [3.8, 4) is 0 Å². The number of fused-ring (bicyclic) bond motifs is 1. The van der Waals surface area contributed by atoms with Crippen molar-refractivity contribution in [1.82, 2.24) is 10.3 Å². The molecule has 0 saturated carbocycles. The molecule has 2 rings (SSSR count). The molecule has 1 aromatic heterocycles. The van der Waals surface area contributed by atoms with Crippen molar-refractivity contribution >= 4 is 11.7 Å². The Morgan fingerprint density at radius 1 is 1.18 bits per heavy atom. The number of amides is 1. The first-order valence-electron chi connectivity index (χ1n) is 8.07. The highest BCUT2D eigenvalue weighted by molar-refractivity contribution is 6.04. The summed E-state index contributed by atoms with van der Waals surface area (Å²) in [6, 6.07) is 0. The summed E-state index contributed by atoms with van der Waals surface area (Å²) in [6.07, 6.45) is 3.18. The number of rotatable bonds is 3. The van der Waals surface area contributed by atoms with Crippen LogP contribution in [0.3, 0.4) is 0 Å². The lowest BCUT2D eigenvalue weighted by atomic mass is 9.81. The Hall–Kier alpha value is -1.58. The lowest BCUT2D eigenvalue weighted by molar-refractivity contribution is 0.0885. The summed E-state index contributed by atoms with van der Waals surface area (Å²) in [4.78, 5) is 27.9. The number of Topliss-reactive ketones (excluding diaryl/α,β-unsaturated/α-hetero) is 1. The molecule has 4 nitrogen and oxygen atoms in total. The van der Waals surface area contributed by atoms with E-state index in [2.05, 4.69) is 31.1 Å². The van der Waals surface area contributed by atoms with Gasteiger partial charge in [-0.1, -0.05) is 20.8 Å². The van der Waals surface area contributed by atoms with E-state index >= 15 is 0 Å². The van der Waals surface area contributed by atoms with Crippen LogP contribution in [0, 0.1) is 12.3 Å². The molecule has 22 heavy (non-hydrogen) atoms. The van der Waals surface area contributed by atoms with Gasteiger partial charge in [0.05, 0.1) is 0 Å². The molecule has 0 radical (unpaired) electrons. The molecule has 1 aromatic rings. The first-order chi connectivity index (χ1) is 10.0. The number of aryl methyl sites for hydroxylation is 1. The van der Waals surface area contributed by atoms with Gasteiger partial charge in [0.1, 0.15) is 5.69 Å². The van der Waals surface area contributed by atoms with Crippen LogP contribution in [0.4, 0.5) is 0 Å². The lowest BCUT2D eigenvalue weighted by Gasteiger charge is -2.33. The average Bonchev–Trinajstić information content (AvgIpc) is 2.64. The first kappa shape index (κ1) is 16.8. The molecule has 0 aromatic carbocycles. The van der Waals surface area contributed by atoms with Crippen LogP contribution in [0.15, 0.2) is 0 Å². The third-order valence-corrected chi connectivity index (χ3v) is 4.09. The molecular formula is C18H28N2O2. The van der Waals surface area contributed by atoms with E-state index in [-0.39, 0.29) is 22.6 Å². The van der Waals surface area contributed by atoms with Crippen LogP contribution in [0.2, 0.25) is 0 Å². The van der Waals surface area contributed by atoms with Gasteiger partial charge in [-0.2, -0.15) is 0 Å². The minimum Gasteiger partial charge on any atom is -0.354 e. The number of nitrogens with one attached hydrogen (secondary N) is 2. The summed E-state index contributed by atoms with van der Waals surface area (Å²) in [5, 5.41) is 3.11. The molecule has 4 heteroatoms. The van der Waals surface area contributed by atoms with Gasteiger partial charge in [0.15, 0.2) is 5.78 Å². The van der Waals surface area contributed by atoms with Gasteiger partial charge in [0.2, 0.25) is 0 Å². The van der Waals surface area contributed by atoms with Crippen molar-refractivity contribution in [2.24, 2.45) is 5.41 Å². The highest BCUT2D eigenvalue weighted by Gasteiger charge is 2.30. The fraction of sp³-hybridized carbons (Fsp3) is 0.667. The molecule has 0 bridgehead atoms. The summed E-state index contributed by atoms with van der Waals surface area (Å²) in [5.41, 5.74) is 2.84. The standard InChI is InChI=1S/C18H28N2O2/c1-11-14-12(8-7-9-13(14)21)19-15(11)16(22)20-18(5,6)10-17(2,3)4/h19H,7-10H2,1-6H3,(H,20,22). The smallest absolute Gasteiger partial charge is 0.268 e. The number of ketones is 1. The molecule has 0 fully saturated rings. The van der Waals surface area contributed by atoms with Crippen LogP contribution in [0.25, 0.3) is 0 Å². The monoisotopic (exact) mass is 304 g/mol. The van der Waals surface area contributed by atoms with E-state index in [1.54, 1.807) is 0 Å². The zero-order valence-electron chi connectivity index (χ0n) is 14.6. The Morgan fingerprint density at radius 3 is 2.36 bits per heavy atom. The Balaban J connectivity index is 2.22. The van der Waals surface area contributed by atoms with Crippen molar-refractivity contribution in [3.63, 3.8) is 0 Å². The topological polar surface area (TPSA) is 62.0 Å². The normalized spacial score (nSPS) is 15.6. The number of hydrogen-bond donors (Lipinski definition) is 2. The third-order valence-electron chi connectivity index (χ3n) is 4.09. The van der Waals surface area contributed by atoms with Gasteiger partial charge in [-0.25, -0.2) is 0 Å². The van der Waals surface area contributed by atoms with Crippen molar-refractivity contribution in [2.45, 2.75) is 72.8 Å². The molecule has 0 atom stereocenters. The van der Waals surface area contributed by atoms with E-state index < -0.39 is 0 Å². The van der Waals surface area contributed by atoms with Gasteiger partial charge >= 0.3 is 0 Å². The van der Waals surface area contributed by atoms with Gasteiger partial charge in [-0.15, -0.1) is 0 Å². The Morgan fingerprint density at radius 2 is 1.82 bits per heavy atom. The summed E-state index contributed by atoms with van der Waals surface area (Å²) >= 11 is 0. The van der Waals surface area contributed by atoms with Gasteiger partial charge in [-0.05, 0) is 51.0 Å². The third kappa shape index (κ3) is 3.60. The SMILES string of the molecule is Cc1c(C(=O)NC(C)(C)CC(C)(C)C)[nH]c2c1C(=O)CCC2. The van der Waals surface area contributed by atoms with Crippen molar-refractivity contribution in [3.05, 3.63) is 22.5 Å². The minimum absolute atomic E-state index is 0.117. The number of aromatic nitrogens is 1. The van der Waals surface area contributed by atoms with E-state index in [0.29, 0.717) is 12.1 Å². The maximum Gasteiger partial charge on any atom is 0.268 e. The maximum absolute atomic E-state index is 12.6. The molecule has 1 amide bonds. The molecule has 2 N–H and O–H groups in total. The number of aromatic amines is 1. The molecule has 0 aliphatic heterocycles. The Labute approximate surface area is 133 Å². The van der Waals surface area contributed by atoms with Gasteiger partial charge in [-0.3, -0.25) is 9.59 Å². The predicted molar refractivity (Wildman–Crippen MR) is 88.4 cm³/mol. The summed E-state index contributed by atoms with van der Waals surface area (Å²) < 4.78 is 0. The van der Waals surface area contributed by atoms with E-state index in [4.69, 9.17) is 0 Å². The van der Waals surface area contributed by atoms with Crippen LogP contribution >= 0.6 is 0 Å². The van der Waals surface area contributed by atoms with Crippen LogP contribution in [-0.2, 0) is 6.42 Å². The molecule has 122 valence electrons. The van der Waals surface area contributed by atoms with E-state index in [0.717, 1.165) is 36.1 Å². The van der Waals surface area contributed by atoms with Gasteiger partial charge in [0.25, 0.3) is 5.91 Å². The Bertz CT molecular complexity index is 603. The molecule has 0 spiro atoms. The van der Waals surface area contributed by atoms with Crippen LogP contribution in [-0.4, -0.2) is 22.2 Å². The predicted octanol–water partition coefficient (Wildman–Crippen LogP) is 3.79. The van der Waals surface area contributed by atoms with Crippen LogP contribution in [0.1, 0.15) is 86.0 Å². The zero-order valence-corrected chi connectivity index (χ0v) is 14.6. The fourth-order valence-corrected chi connectivity index (χ4v) is 3.74. The van der Waals surface area contributed by atoms with E-state index in [1.807, 2.05) is 20.8 Å². The average molecular weight is 304 g/mol. The lowest BCUT2D eigenvalue weighted by Crippen LogP contribution is -2.46. The molecule has 1 aliphatic carbocycles. The molecule has 1 aliphatic rings. The van der Waals surface area contributed by atoms with Gasteiger partial charge in [0, 0.05) is 23.2 Å². The molecular weight excluding hydrogens is 276 g/mol. The summed E-state index contributed by atoms with van der Waals surface area (Å²) in [5.74, 6) is 0.0388. The van der Waals surface area contributed by atoms with Gasteiger partial charge < -0.3 is 10.3 Å². The molecule has 1 heterocycles. The zero-order chi connectivity index (χ0) is 16.7. The Kier molecular flexibility index (Phi) is 4.24. The highest BCUT2D eigenvalue weighted by atomic mass is 16.2. The first-order valence-corrected chi connectivity index (χ1v) is 8.07. The fourth-order valence-electron chi connectivity index (χ4n) is 3.74. The van der Waals surface area contributed by atoms with E-state index in [1.165, 1.54) is 0 Å². The largest absolute Gasteiger partial charge is 0.354 e. The number of hydrogen-bond acceptors (Lipinski definition) is 2. The van der Waals surface area contributed by atoms with E-state index in [9.17, 15) is 9.59 Å². The second-order valence-corrected chi connectivity index (χ2v) is 8.33.